The first-order valence-electron chi connectivity index (χ1n) is 11.4. The first-order valence-corrected chi connectivity index (χ1v) is 11.4. The van der Waals surface area contributed by atoms with Crippen molar-refractivity contribution in [3.63, 3.8) is 0 Å². The highest BCUT2D eigenvalue weighted by Gasteiger charge is 2.09. The number of likely N-dealkylation sites (N-methyl/N-ethyl adjacent to an activating group) is 1. The first-order chi connectivity index (χ1) is 16.1. The first kappa shape index (κ1) is 24.2. The number of nitrogens with zero attached hydrogens (tertiary/aromatic N) is 4. The average Bonchev–Trinajstić information content (AvgIpc) is 3.29. The van der Waals surface area contributed by atoms with E-state index in [9.17, 15) is 0 Å². The van der Waals surface area contributed by atoms with Gasteiger partial charge in [0.25, 0.3) is 0 Å². The molecular formula is C26H35N5O2. The van der Waals surface area contributed by atoms with Crippen LogP contribution >= 0.6 is 0 Å². The fourth-order valence-corrected chi connectivity index (χ4v) is 3.66. The van der Waals surface area contributed by atoms with Crippen molar-refractivity contribution in [3.8, 4) is 11.5 Å². The third-order valence-corrected chi connectivity index (χ3v) is 5.47. The van der Waals surface area contributed by atoms with E-state index in [0.717, 1.165) is 55.8 Å². The van der Waals surface area contributed by atoms with Gasteiger partial charge in [-0.2, -0.15) is 0 Å². The number of imidazole rings is 1. The van der Waals surface area contributed by atoms with Crippen molar-refractivity contribution in [2.24, 2.45) is 4.99 Å². The molecule has 1 N–H and O–H groups in total. The van der Waals surface area contributed by atoms with Gasteiger partial charge in [0.2, 0.25) is 0 Å². The summed E-state index contributed by atoms with van der Waals surface area (Å²) in [6.45, 7) is 5.25. The molecule has 0 unspecified atom stereocenters. The van der Waals surface area contributed by atoms with Crippen LogP contribution in [0.25, 0.3) is 0 Å². The van der Waals surface area contributed by atoms with Crippen LogP contribution in [-0.4, -0.2) is 61.3 Å². The lowest BCUT2D eigenvalue weighted by molar-refractivity contribution is 0.354. The van der Waals surface area contributed by atoms with E-state index in [1.54, 1.807) is 14.2 Å². The fraction of sp³-hybridized carbons (Fsp3) is 0.385. The van der Waals surface area contributed by atoms with Gasteiger partial charge in [-0.1, -0.05) is 36.4 Å². The Hall–Kier alpha value is -3.48. The summed E-state index contributed by atoms with van der Waals surface area (Å²) < 4.78 is 12.9. The molecule has 3 rings (SSSR count). The summed E-state index contributed by atoms with van der Waals surface area (Å²) in [5, 5.41) is 3.40. The number of benzene rings is 2. The van der Waals surface area contributed by atoms with Crippen molar-refractivity contribution in [2.45, 2.75) is 26.3 Å². The molecule has 176 valence electrons. The number of aliphatic imine (C=N–C) groups is 1. The van der Waals surface area contributed by atoms with Crippen LogP contribution in [0.15, 0.2) is 65.9 Å². The summed E-state index contributed by atoms with van der Waals surface area (Å²) >= 11 is 0. The van der Waals surface area contributed by atoms with Crippen LogP contribution in [0.5, 0.6) is 11.5 Å². The second-order valence-corrected chi connectivity index (χ2v) is 7.80. The summed E-state index contributed by atoms with van der Waals surface area (Å²) in [5.74, 6) is 3.45. The van der Waals surface area contributed by atoms with Crippen molar-refractivity contribution < 1.29 is 9.47 Å². The molecule has 3 aromatic rings. The Labute approximate surface area is 197 Å². The zero-order chi connectivity index (χ0) is 23.5. The number of hydrogen-bond acceptors (Lipinski definition) is 4. The highest BCUT2D eigenvalue weighted by molar-refractivity contribution is 5.79. The zero-order valence-corrected chi connectivity index (χ0v) is 20.1. The number of ether oxygens (including phenoxy) is 2. The normalized spacial score (nSPS) is 11.3. The van der Waals surface area contributed by atoms with Gasteiger partial charge in [-0.15, -0.1) is 0 Å². The number of nitrogens with one attached hydrogen (secondary N) is 1. The van der Waals surface area contributed by atoms with E-state index in [2.05, 4.69) is 64.1 Å². The molecular weight excluding hydrogens is 414 g/mol. The Morgan fingerprint density at radius 1 is 1.03 bits per heavy atom. The van der Waals surface area contributed by atoms with E-state index in [4.69, 9.17) is 14.5 Å². The van der Waals surface area contributed by atoms with E-state index in [0.29, 0.717) is 6.54 Å². The van der Waals surface area contributed by atoms with Crippen LogP contribution in [0.1, 0.15) is 23.9 Å². The van der Waals surface area contributed by atoms with Crippen LogP contribution in [0.4, 0.5) is 0 Å². The smallest absolute Gasteiger partial charge is 0.193 e. The van der Waals surface area contributed by atoms with Crippen LogP contribution in [0.2, 0.25) is 0 Å². The van der Waals surface area contributed by atoms with E-state index < -0.39 is 0 Å². The monoisotopic (exact) mass is 449 g/mol. The highest BCUT2D eigenvalue weighted by Crippen LogP contribution is 2.27. The van der Waals surface area contributed by atoms with E-state index in [1.807, 2.05) is 30.6 Å². The summed E-state index contributed by atoms with van der Waals surface area (Å²) in [5.41, 5.74) is 2.46. The summed E-state index contributed by atoms with van der Waals surface area (Å²) in [7, 11) is 5.38. The van der Waals surface area contributed by atoms with Crippen LogP contribution in [-0.2, 0) is 19.4 Å². The van der Waals surface area contributed by atoms with Crippen molar-refractivity contribution in [2.75, 3.05) is 40.9 Å². The van der Waals surface area contributed by atoms with Crippen LogP contribution in [0.3, 0.4) is 0 Å². The number of rotatable bonds is 11. The average molecular weight is 450 g/mol. The molecule has 0 spiro atoms. The standard InChI is InChI=1S/C26H35N5O2/c1-5-27-26(30(2)17-14-21-11-12-23(32-3)24(19-21)33-4)29-15-13-25-28-16-18-31(25)20-22-9-7-6-8-10-22/h6-12,16,18-19H,5,13-15,17,20H2,1-4H3,(H,27,29). The predicted molar refractivity (Wildman–Crippen MR) is 133 cm³/mol. The van der Waals surface area contributed by atoms with Gasteiger partial charge in [0.1, 0.15) is 5.82 Å². The van der Waals surface area contributed by atoms with Gasteiger partial charge in [0.05, 0.1) is 14.2 Å². The second-order valence-electron chi connectivity index (χ2n) is 7.80. The Morgan fingerprint density at radius 3 is 2.55 bits per heavy atom. The number of guanidine groups is 1. The third-order valence-electron chi connectivity index (χ3n) is 5.47. The Balaban J connectivity index is 1.57. The van der Waals surface area contributed by atoms with Crippen LogP contribution in [0, 0.1) is 0 Å². The lowest BCUT2D eigenvalue weighted by Gasteiger charge is -2.22. The third kappa shape index (κ3) is 7.00. The molecule has 1 heterocycles. The maximum atomic E-state index is 5.42. The van der Waals surface area contributed by atoms with Crippen molar-refractivity contribution in [3.05, 3.63) is 77.9 Å². The van der Waals surface area contributed by atoms with Crippen molar-refractivity contribution in [1.29, 1.82) is 0 Å². The molecule has 7 nitrogen and oxygen atoms in total. The molecule has 0 amide bonds. The number of hydrogen-bond donors (Lipinski definition) is 1. The molecule has 0 fully saturated rings. The van der Waals surface area contributed by atoms with Crippen molar-refractivity contribution >= 4 is 5.96 Å². The van der Waals surface area contributed by atoms with E-state index in [1.165, 1.54) is 11.1 Å². The predicted octanol–water partition coefficient (Wildman–Crippen LogP) is 3.63. The minimum Gasteiger partial charge on any atom is -0.493 e. The van der Waals surface area contributed by atoms with Crippen LogP contribution < -0.4 is 14.8 Å². The SMILES string of the molecule is CCNC(=NCCc1nccn1Cc1ccccc1)N(C)CCc1ccc(OC)c(OC)c1. The van der Waals surface area contributed by atoms with Gasteiger partial charge < -0.3 is 24.3 Å². The van der Waals surface area contributed by atoms with Gasteiger partial charge >= 0.3 is 0 Å². The molecule has 0 aliphatic rings. The molecule has 2 aromatic carbocycles. The Kier molecular flexibility index (Phi) is 9.18. The molecule has 0 bridgehead atoms. The fourth-order valence-electron chi connectivity index (χ4n) is 3.66. The molecule has 0 saturated heterocycles. The minimum absolute atomic E-state index is 0.675. The molecule has 7 heteroatoms. The van der Waals surface area contributed by atoms with E-state index in [-0.39, 0.29) is 0 Å². The Bertz CT molecular complexity index is 1020. The zero-order valence-electron chi connectivity index (χ0n) is 20.1. The maximum absolute atomic E-state index is 5.42. The summed E-state index contributed by atoms with van der Waals surface area (Å²) in [6.07, 6.45) is 5.57. The minimum atomic E-state index is 0.675. The van der Waals surface area contributed by atoms with Gasteiger partial charge in [0, 0.05) is 52.0 Å². The molecule has 0 atom stereocenters. The maximum Gasteiger partial charge on any atom is 0.193 e. The lowest BCUT2D eigenvalue weighted by Crippen LogP contribution is -2.40. The van der Waals surface area contributed by atoms with Gasteiger partial charge in [0.15, 0.2) is 17.5 Å². The van der Waals surface area contributed by atoms with Gasteiger partial charge in [-0.05, 0) is 36.6 Å². The summed E-state index contributed by atoms with van der Waals surface area (Å²) in [4.78, 5) is 11.6. The molecule has 0 aliphatic heterocycles. The molecule has 0 radical (unpaired) electrons. The highest BCUT2D eigenvalue weighted by atomic mass is 16.5. The van der Waals surface area contributed by atoms with Crippen molar-refractivity contribution in [1.82, 2.24) is 19.8 Å². The molecule has 0 aliphatic carbocycles. The van der Waals surface area contributed by atoms with E-state index >= 15 is 0 Å². The van der Waals surface area contributed by atoms with Gasteiger partial charge in [-0.25, -0.2) is 4.98 Å². The number of methoxy groups -OCH3 is 2. The Morgan fingerprint density at radius 2 is 1.82 bits per heavy atom. The molecule has 33 heavy (non-hydrogen) atoms. The quantitative estimate of drug-likeness (QED) is 0.358. The molecule has 1 aromatic heterocycles. The molecule has 0 saturated carbocycles. The lowest BCUT2D eigenvalue weighted by atomic mass is 10.1. The topological polar surface area (TPSA) is 63.9 Å². The second kappa shape index (κ2) is 12.5. The largest absolute Gasteiger partial charge is 0.493 e. The number of aromatic nitrogens is 2. The summed E-state index contributed by atoms with van der Waals surface area (Å²) in [6, 6.07) is 16.5. The van der Waals surface area contributed by atoms with Gasteiger partial charge in [-0.3, -0.25) is 4.99 Å².